The fourth-order valence-corrected chi connectivity index (χ4v) is 2.22. The first kappa shape index (κ1) is 13.5. The van der Waals surface area contributed by atoms with Gasteiger partial charge < -0.3 is 4.90 Å². The Morgan fingerprint density at radius 1 is 1.56 bits per heavy atom. The monoisotopic (exact) mass is 259 g/mol. The van der Waals surface area contributed by atoms with E-state index in [2.05, 4.69) is 11.4 Å². The Kier molecular flexibility index (Phi) is 4.81. The molecule has 0 radical (unpaired) electrons. The van der Waals surface area contributed by atoms with Crippen molar-refractivity contribution in [2.45, 2.75) is 20.3 Å². The van der Waals surface area contributed by atoms with E-state index in [9.17, 15) is 4.79 Å². The maximum absolute atomic E-state index is 12.0. The number of rotatable bonds is 5. The molecular weight excluding hydrogens is 242 g/mol. The number of halogens is 1. The minimum atomic E-state index is -0.467. The average Bonchev–Trinajstić information content (AvgIpc) is 2.77. The van der Waals surface area contributed by atoms with Gasteiger partial charge in [-0.05, 0) is 31.7 Å². The molecule has 0 unspecified atom stereocenters. The molecule has 1 aromatic heterocycles. The molecule has 0 aliphatic rings. The first-order chi connectivity index (χ1) is 7.47. The van der Waals surface area contributed by atoms with Gasteiger partial charge in [-0.15, -0.1) is 22.9 Å². The van der Waals surface area contributed by atoms with E-state index in [1.165, 1.54) is 4.88 Å². The molecule has 0 bridgehead atoms. The number of likely N-dealkylation sites (N-methyl/N-ethyl adjacent to an activating group) is 1. The fourth-order valence-electron chi connectivity index (χ4n) is 1.41. The Hall–Kier alpha value is -0.540. The summed E-state index contributed by atoms with van der Waals surface area (Å²) in [7, 11) is 1.84. The molecule has 0 fully saturated rings. The molecule has 0 atom stereocenters. The van der Waals surface area contributed by atoms with Crippen molar-refractivity contribution in [2.24, 2.45) is 5.41 Å². The van der Waals surface area contributed by atoms with Gasteiger partial charge in [0.15, 0.2) is 0 Å². The molecule has 4 heteroatoms. The lowest BCUT2D eigenvalue weighted by molar-refractivity contribution is -0.137. The van der Waals surface area contributed by atoms with Gasteiger partial charge in [0.2, 0.25) is 5.91 Å². The molecule has 0 saturated heterocycles. The lowest BCUT2D eigenvalue weighted by atomic mass is 9.94. The van der Waals surface area contributed by atoms with Crippen LogP contribution < -0.4 is 0 Å². The standard InChI is InChI=1S/C12H18ClNOS/c1-12(2,9-13)11(15)14(3)7-6-10-5-4-8-16-10/h4-5,8H,6-7,9H2,1-3H3. The van der Waals surface area contributed by atoms with Gasteiger partial charge in [-0.1, -0.05) is 6.07 Å². The van der Waals surface area contributed by atoms with Crippen LogP contribution in [0, 0.1) is 5.41 Å². The summed E-state index contributed by atoms with van der Waals surface area (Å²) < 4.78 is 0. The first-order valence-corrected chi connectivity index (χ1v) is 6.72. The third-order valence-corrected chi connectivity index (χ3v) is 4.14. The van der Waals surface area contributed by atoms with Crippen molar-refractivity contribution in [3.8, 4) is 0 Å². The van der Waals surface area contributed by atoms with E-state index in [-0.39, 0.29) is 5.91 Å². The van der Waals surface area contributed by atoms with Gasteiger partial charge >= 0.3 is 0 Å². The van der Waals surface area contributed by atoms with Crippen LogP contribution in [0.5, 0.6) is 0 Å². The van der Waals surface area contributed by atoms with E-state index in [4.69, 9.17) is 11.6 Å². The zero-order chi connectivity index (χ0) is 12.2. The van der Waals surface area contributed by atoms with Gasteiger partial charge in [-0.3, -0.25) is 4.79 Å². The predicted octanol–water partition coefficient (Wildman–Crippen LogP) is 3.01. The highest BCUT2D eigenvalue weighted by atomic mass is 35.5. The number of hydrogen-bond donors (Lipinski definition) is 0. The van der Waals surface area contributed by atoms with Crippen molar-refractivity contribution in [1.82, 2.24) is 4.90 Å². The molecule has 0 saturated carbocycles. The average molecular weight is 260 g/mol. The van der Waals surface area contributed by atoms with Crippen LogP contribution in [0.2, 0.25) is 0 Å². The van der Waals surface area contributed by atoms with Crippen molar-refractivity contribution < 1.29 is 4.79 Å². The van der Waals surface area contributed by atoms with Crippen molar-refractivity contribution in [3.05, 3.63) is 22.4 Å². The number of nitrogens with zero attached hydrogens (tertiary/aromatic N) is 1. The number of alkyl halides is 1. The number of carbonyl (C=O) groups excluding carboxylic acids is 1. The maximum Gasteiger partial charge on any atom is 0.229 e. The van der Waals surface area contributed by atoms with Crippen molar-refractivity contribution >= 4 is 28.8 Å². The number of hydrogen-bond acceptors (Lipinski definition) is 2. The first-order valence-electron chi connectivity index (χ1n) is 5.31. The molecular formula is C12H18ClNOS. The largest absolute Gasteiger partial charge is 0.345 e. The Morgan fingerprint density at radius 2 is 2.25 bits per heavy atom. The van der Waals surface area contributed by atoms with Gasteiger partial charge in [0, 0.05) is 24.3 Å². The Bertz CT molecular complexity index is 335. The summed E-state index contributed by atoms with van der Waals surface area (Å²) in [5.74, 6) is 0.467. The van der Waals surface area contributed by atoms with Crippen LogP contribution in [0.25, 0.3) is 0 Å². The van der Waals surface area contributed by atoms with Crippen LogP contribution in [-0.4, -0.2) is 30.3 Å². The molecule has 1 heterocycles. The second-order valence-electron chi connectivity index (χ2n) is 4.57. The molecule has 0 spiro atoms. The van der Waals surface area contributed by atoms with Gasteiger partial charge in [0.05, 0.1) is 5.41 Å². The minimum Gasteiger partial charge on any atom is -0.345 e. The summed E-state index contributed by atoms with van der Waals surface area (Å²) in [5, 5.41) is 2.06. The molecule has 2 nitrogen and oxygen atoms in total. The predicted molar refractivity (Wildman–Crippen MR) is 70.2 cm³/mol. The Labute approximate surface area is 106 Å². The summed E-state index contributed by atoms with van der Waals surface area (Å²) in [6, 6.07) is 4.13. The summed E-state index contributed by atoms with van der Waals surface area (Å²) in [5.41, 5.74) is -0.467. The number of amides is 1. The fraction of sp³-hybridized carbons (Fsp3) is 0.583. The quantitative estimate of drug-likeness (QED) is 0.745. The number of carbonyl (C=O) groups is 1. The van der Waals surface area contributed by atoms with Crippen molar-refractivity contribution in [1.29, 1.82) is 0 Å². The topological polar surface area (TPSA) is 20.3 Å². The molecule has 0 aliphatic carbocycles. The third-order valence-electron chi connectivity index (χ3n) is 2.53. The minimum absolute atomic E-state index is 0.110. The van der Waals surface area contributed by atoms with Crippen molar-refractivity contribution in [3.63, 3.8) is 0 Å². The number of thiophene rings is 1. The second-order valence-corrected chi connectivity index (χ2v) is 5.87. The van der Waals surface area contributed by atoms with Crippen LogP contribution in [0.3, 0.4) is 0 Å². The highest BCUT2D eigenvalue weighted by Crippen LogP contribution is 2.20. The molecule has 0 N–H and O–H groups in total. The van der Waals surface area contributed by atoms with Crippen molar-refractivity contribution in [2.75, 3.05) is 19.5 Å². The van der Waals surface area contributed by atoms with Crippen LogP contribution in [0.4, 0.5) is 0 Å². The molecule has 0 aliphatic heterocycles. The van der Waals surface area contributed by atoms with Crippen LogP contribution in [0.1, 0.15) is 18.7 Å². The molecule has 1 amide bonds. The Morgan fingerprint density at radius 3 is 2.75 bits per heavy atom. The second kappa shape index (κ2) is 5.69. The van der Waals surface area contributed by atoms with Gasteiger partial charge in [0.1, 0.15) is 0 Å². The van der Waals surface area contributed by atoms with Crippen LogP contribution in [-0.2, 0) is 11.2 Å². The zero-order valence-corrected chi connectivity index (χ0v) is 11.6. The lowest BCUT2D eigenvalue weighted by Crippen LogP contribution is -2.40. The van der Waals surface area contributed by atoms with Crippen LogP contribution >= 0.6 is 22.9 Å². The summed E-state index contributed by atoms with van der Waals surface area (Å²) in [6.07, 6.45) is 0.915. The van der Waals surface area contributed by atoms with E-state index < -0.39 is 5.41 Å². The normalized spacial score (nSPS) is 11.5. The molecule has 16 heavy (non-hydrogen) atoms. The summed E-state index contributed by atoms with van der Waals surface area (Å²) in [4.78, 5) is 15.1. The third kappa shape index (κ3) is 3.49. The summed E-state index contributed by atoms with van der Waals surface area (Å²) in [6.45, 7) is 4.51. The SMILES string of the molecule is CN(CCc1cccs1)C(=O)C(C)(C)CCl. The van der Waals surface area contributed by atoms with Gasteiger partial charge in [-0.2, -0.15) is 0 Å². The summed E-state index contributed by atoms with van der Waals surface area (Å²) >= 11 is 7.51. The Balaban J connectivity index is 2.46. The zero-order valence-electron chi connectivity index (χ0n) is 10.00. The van der Waals surface area contributed by atoms with E-state index >= 15 is 0 Å². The molecule has 1 rings (SSSR count). The van der Waals surface area contributed by atoms with Gasteiger partial charge in [-0.25, -0.2) is 0 Å². The highest BCUT2D eigenvalue weighted by molar-refractivity contribution is 7.09. The van der Waals surface area contributed by atoms with Gasteiger partial charge in [0.25, 0.3) is 0 Å². The van der Waals surface area contributed by atoms with E-state index in [1.54, 1.807) is 16.2 Å². The highest BCUT2D eigenvalue weighted by Gasteiger charge is 2.29. The van der Waals surface area contributed by atoms with E-state index in [0.29, 0.717) is 5.88 Å². The van der Waals surface area contributed by atoms with E-state index in [0.717, 1.165) is 13.0 Å². The molecule has 1 aromatic rings. The van der Waals surface area contributed by atoms with E-state index in [1.807, 2.05) is 27.0 Å². The van der Waals surface area contributed by atoms with Crippen LogP contribution in [0.15, 0.2) is 17.5 Å². The molecule has 90 valence electrons. The maximum atomic E-state index is 12.0. The lowest BCUT2D eigenvalue weighted by Gasteiger charge is -2.27. The molecule has 0 aromatic carbocycles. The smallest absolute Gasteiger partial charge is 0.229 e.